The number of carbonyl (C=O) groups excluding carboxylic acids is 1. The van der Waals surface area contributed by atoms with Crippen LogP contribution in [0.3, 0.4) is 0 Å². The highest BCUT2D eigenvalue weighted by Gasteiger charge is 2.24. The van der Waals surface area contributed by atoms with E-state index in [0.717, 1.165) is 15.8 Å². The maximum absolute atomic E-state index is 13.5. The van der Waals surface area contributed by atoms with E-state index >= 15 is 0 Å². The van der Waals surface area contributed by atoms with E-state index in [0.29, 0.717) is 23.8 Å². The zero-order valence-corrected chi connectivity index (χ0v) is 21.7. The van der Waals surface area contributed by atoms with Crippen LogP contribution in [0.4, 0.5) is 9.52 Å². The summed E-state index contributed by atoms with van der Waals surface area (Å²) in [7, 11) is -3.65. The molecule has 0 aliphatic rings. The molecule has 4 rings (SSSR count). The lowest BCUT2D eigenvalue weighted by atomic mass is 10.2. The van der Waals surface area contributed by atoms with E-state index < -0.39 is 15.9 Å². The van der Waals surface area contributed by atoms with Crippen LogP contribution in [-0.2, 0) is 10.0 Å². The van der Waals surface area contributed by atoms with Gasteiger partial charge in [-0.2, -0.15) is 14.4 Å². The molecular weight excluding hydrogens is 499 g/mol. The zero-order chi connectivity index (χ0) is 25.9. The van der Waals surface area contributed by atoms with Crippen LogP contribution in [0.5, 0.6) is 0 Å². The molecule has 1 heterocycles. The lowest BCUT2D eigenvalue weighted by Crippen LogP contribution is -2.30. The fourth-order valence-electron chi connectivity index (χ4n) is 3.58. The van der Waals surface area contributed by atoms with E-state index in [1.54, 1.807) is 26.0 Å². The van der Waals surface area contributed by atoms with Crippen LogP contribution in [0.2, 0.25) is 0 Å². The van der Waals surface area contributed by atoms with Gasteiger partial charge in [0, 0.05) is 18.7 Å². The number of hydrazone groups is 1. The summed E-state index contributed by atoms with van der Waals surface area (Å²) < 4.78 is 41.2. The molecule has 0 aliphatic carbocycles. The Hall–Kier alpha value is -3.47. The highest BCUT2D eigenvalue weighted by molar-refractivity contribution is 7.89. The fourth-order valence-corrected chi connectivity index (χ4v) is 6.05. The van der Waals surface area contributed by atoms with Crippen molar-refractivity contribution in [2.24, 2.45) is 5.10 Å². The molecule has 36 heavy (non-hydrogen) atoms. The summed E-state index contributed by atoms with van der Waals surface area (Å²) >= 11 is 1.32. The van der Waals surface area contributed by atoms with Gasteiger partial charge in [-0.3, -0.25) is 4.79 Å². The van der Waals surface area contributed by atoms with E-state index in [1.165, 1.54) is 63.3 Å². The number of sulfonamides is 1. The van der Waals surface area contributed by atoms with Crippen LogP contribution >= 0.6 is 11.3 Å². The third-order valence-electron chi connectivity index (χ3n) is 5.54. The molecule has 186 valence electrons. The molecule has 0 saturated carbocycles. The number of carbonyl (C=O) groups is 1. The topological polar surface area (TPSA) is 82.9 Å². The number of thiazole rings is 1. The van der Waals surface area contributed by atoms with Gasteiger partial charge in [-0.15, -0.1) is 0 Å². The van der Waals surface area contributed by atoms with Gasteiger partial charge in [0.15, 0.2) is 0 Å². The maximum Gasteiger partial charge on any atom is 0.280 e. The van der Waals surface area contributed by atoms with Gasteiger partial charge < -0.3 is 0 Å². The highest BCUT2D eigenvalue weighted by Crippen LogP contribution is 2.31. The van der Waals surface area contributed by atoms with Gasteiger partial charge >= 0.3 is 0 Å². The first-order valence-electron chi connectivity index (χ1n) is 11.3. The predicted molar refractivity (Wildman–Crippen MR) is 142 cm³/mol. The van der Waals surface area contributed by atoms with Gasteiger partial charge in [0.05, 0.1) is 21.3 Å². The first-order chi connectivity index (χ1) is 17.2. The monoisotopic (exact) mass is 524 g/mol. The van der Waals surface area contributed by atoms with Crippen molar-refractivity contribution < 1.29 is 17.6 Å². The van der Waals surface area contributed by atoms with Gasteiger partial charge in [0.1, 0.15) is 5.82 Å². The number of aryl methyl sites for hydroxylation is 1. The van der Waals surface area contributed by atoms with Crippen molar-refractivity contribution in [3.05, 3.63) is 89.2 Å². The average molecular weight is 525 g/mol. The summed E-state index contributed by atoms with van der Waals surface area (Å²) in [5.74, 6) is -0.850. The van der Waals surface area contributed by atoms with E-state index in [4.69, 9.17) is 0 Å². The third-order valence-corrected chi connectivity index (χ3v) is 8.60. The lowest BCUT2D eigenvalue weighted by molar-refractivity contribution is 0.0987. The molecule has 0 aliphatic heterocycles. The van der Waals surface area contributed by atoms with Crippen molar-refractivity contribution >= 4 is 48.8 Å². The Morgan fingerprint density at radius 1 is 1.03 bits per heavy atom. The molecule has 0 bridgehead atoms. The predicted octanol–water partition coefficient (Wildman–Crippen LogP) is 5.46. The molecular formula is C26H25FN4O3S2. The Morgan fingerprint density at radius 2 is 1.69 bits per heavy atom. The van der Waals surface area contributed by atoms with Crippen molar-refractivity contribution in [2.75, 3.05) is 18.1 Å². The number of fused-ring (bicyclic) bond motifs is 1. The minimum absolute atomic E-state index is 0.111. The highest BCUT2D eigenvalue weighted by atomic mass is 32.2. The van der Waals surface area contributed by atoms with E-state index in [2.05, 4.69) is 10.1 Å². The second-order valence-electron chi connectivity index (χ2n) is 7.99. The van der Waals surface area contributed by atoms with Crippen LogP contribution in [0.25, 0.3) is 10.2 Å². The van der Waals surface area contributed by atoms with Gasteiger partial charge in [-0.05, 0) is 66.6 Å². The molecule has 10 heteroatoms. The number of halogens is 1. The molecule has 0 atom stereocenters. The Balaban J connectivity index is 1.71. The number of benzene rings is 3. The van der Waals surface area contributed by atoms with Crippen molar-refractivity contribution in [1.82, 2.24) is 9.29 Å². The van der Waals surface area contributed by atoms with Crippen molar-refractivity contribution in [3.8, 4) is 0 Å². The first kappa shape index (κ1) is 25.6. The fraction of sp³-hybridized carbons (Fsp3) is 0.192. The van der Waals surface area contributed by atoms with Gasteiger partial charge in [0.25, 0.3) is 5.91 Å². The Kier molecular flexibility index (Phi) is 7.58. The van der Waals surface area contributed by atoms with Crippen molar-refractivity contribution in [3.63, 3.8) is 0 Å². The number of nitrogens with zero attached hydrogens (tertiary/aromatic N) is 4. The molecule has 0 unspecified atom stereocenters. The average Bonchev–Trinajstić information content (AvgIpc) is 3.28. The standard InChI is InChI=1S/C26H25FN4O3S2/c1-4-30(5-2)36(33,34)22-13-9-20(10-14-22)25(32)31(28-17-19-7-11-21(27)12-8-19)26-29-23-15-6-18(3)16-24(23)35-26/h6-17H,4-5H2,1-3H3/b28-17+. The summed E-state index contributed by atoms with van der Waals surface area (Å²) in [5.41, 5.74) is 2.65. The Labute approximate surface area is 213 Å². The van der Waals surface area contributed by atoms with Gasteiger partial charge in [0.2, 0.25) is 15.2 Å². The largest absolute Gasteiger partial charge is 0.280 e. The van der Waals surface area contributed by atoms with Crippen LogP contribution in [-0.4, -0.2) is 42.9 Å². The Bertz CT molecular complexity index is 1510. The van der Waals surface area contributed by atoms with Crippen LogP contribution in [0.1, 0.15) is 35.3 Å². The van der Waals surface area contributed by atoms with Crippen LogP contribution < -0.4 is 5.01 Å². The molecule has 4 aromatic rings. The molecule has 1 aromatic heterocycles. The van der Waals surface area contributed by atoms with Gasteiger partial charge in [-0.1, -0.05) is 43.4 Å². The number of anilines is 1. The number of rotatable bonds is 8. The molecule has 0 N–H and O–H groups in total. The quantitative estimate of drug-likeness (QED) is 0.227. The second kappa shape index (κ2) is 10.7. The van der Waals surface area contributed by atoms with Crippen LogP contribution in [0.15, 0.2) is 76.7 Å². The molecule has 0 spiro atoms. The number of amides is 1. The zero-order valence-electron chi connectivity index (χ0n) is 20.1. The van der Waals surface area contributed by atoms with E-state index in [1.807, 2.05) is 25.1 Å². The normalized spacial score (nSPS) is 12.0. The molecule has 3 aromatic carbocycles. The van der Waals surface area contributed by atoms with E-state index in [9.17, 15) is 17.6 Å². The summed E-state index contributed by atoms with van der Waals surface area (Å²) in [6, 6.07) is 17.3. The van der Waals surface area contributed by atoms with Crippen LogP contribution in [0, 0.1) is 12.7 Å². The molecule has 0 saturated heterocycles. The lowest BCUT2D eigenvalue weighted by Gasteiger charge is -2.19. The summed E-state index contributed by atoms with van der Waals surface area (Å²) in [4.78, 5) is 18.2. The summed E-state index contributed by atoms with van der Waals surface area (Å²) in [6.45, 7) is 6.22. The van der Waals surface area contributed by atoms with Gasteiger partial charge in [-0.25, -0.2) is 17.8 Å². The number of aromatic nitrogens is 1. The Morgan fingerprint density at radius 3 is 2.33 bits per heavy atom. The second-order valence-corrected chi connectivity index (χ2v) is 10.9. The smallest absolute Gasteiger partial charge is 0.267 e. The first-order valence-corrected chi connectivity index (χ1v) is 13.6. The number of hydrogen-bond donors (Lipinski definition) is 0. The number of hydrogen-bond acceptors (Lipinski definition) is 6. The molecule has 0 radical (unpaired) electrons. The van der Waals surface area contributed by atoms with Crippen molar-refractivity contribution in [2.45, 2.75) is 25.7 Å². The summed E-state index contributed by atoms with van der Waals surface area (Å²) in [6.07, 6.45) is 1.45. The molecule has 1 amide bonds. The SMILES string of the molecule is CCN(CC)S(=O)(=O)c1ccc(C(=O)N(/N=C/c2ccc(F)cc2)c2nc3ccc(C)cc3s2)cc1. The molecule has 7 nitrogen and oxygen atoms in total. The van der Waals surface area contributed by atoms with Crippen molar-refractivity contribution in [1.29, 1.82) is 0 Å². The summed E-state index contributed by atoms with van der Waals surface area (Å²) in [5, 5.41) is 5.91. The minimum atomic E-state index is -3.65. The van der Waals surface area contributed by atoms with E-state index in [-0.39, 0.29) is 16.3 Å². The third kappa shape index (κ3) is 5.35. The minimum Gasteiger partial charge on any atom is -0.267 e. The maximum atomic E-state index is 13.5. The molecule has 0 fully saturated rings.